The lowest BCUT2D eigenvalue weighted by molar-refractivity contribution is 0.118. The molecule has 0 aliphatic carbocycles. The molecule has 1 aliphatic heterocycles. The zero-order valence-electron chi connectivity index (χ0n) is 14.4. The van der Waals surface area contributed by atoms with Crippen molar-refractivity contribution in [2.45, 2.75) is 18.6 Å². The molecule has 130 valence electrons. The van der Waals surface area contributed by atoms with Gasteiger partial charge in [-0.2, -0.15) is 0 Å². The third-order valence-corrected chi connectivity index (χ3v) is 4.22. The van der Waals surface area contributed by atoms with E-state index in [9.17, 15) is 0 Å². The highest BCUT2D eigenvalue weighted by Crippen LogP contribution is 2.27. The smallest absolute Gasteiger partial charge is 0.242 e. The van der Waals surface area contributed by atoms with Crippen LogP contribution in [-0.4, -0.2) is 76.6 Å². The summed E-state index contributed by atoms with van der Waals surface area (Å²) in [6.45, 7) is 1.50. The summed E-state index contributed by atoms with van der Waals surface area (Å²) in [5.41, 5.74) is 0. The van der Waals surface area contributed by atoms with Crippen molar-refractivity contribution in [3.8, 4) is 0 Å². The van der Waals surface area contributed by atoms with Crippen molar-refractivity contribution < 1.29 is 4.74 Å². The first-order valence-electron chi connectivity index (χ1n) is 7.83. The van der Waals surface area contributed by atoms with E-state index in [0.717, 1.165) is 24.6 Å². The van der Waals surface area contributed by atoms with Gasteiger partial charge in [0, 0.05) is 47.4 Å². The van der Waals surface area contributed by atoms with E-state index in [2.05, 4.69) is 35.7 Å². The second-order valence-electron chi connectivity index (χ2n) is 6.04. The third kappa shape index (κ3) is 3.37. The van der Waals surface area contributed by atoms with Crippen molar-refractivity contribution in [2.75, 3.05) is 49.4 Å². The SMILES string of the molecule is CO[C@@H]1C[C@H](CNc2nnnn2C)N(c2cc(N(C)C)ncn2)C1. The summed E-state index contributed by atoms with van der Waals surface area (Å²) < 4.78 is 7.18. The van der Waals surface area contributed by atoms with Crippen molar-refractivity contribution >= 4 is 17.6 Å². The Kier molecular flexibility index (Phi) is 4.74. The van der Waals surface area contributed by atoms with Gasteiger partial charge in [0.1, 0.15) is 18.0 Å². The van der Waals surface area contributed by atoms with Crippen molar-refractivity contribution in [1.82, 2.24) is 30.2 Å². The minimum atomic E-state index is 0.173. The first-order chi connectivity index (χ1) is 11.6. The Morgan fingerprint density at radius 1 is 1.38 bits per heavy atom. The summed E-state index contributed by atoms with van der Waals surface area (Å²) in [5.74, 6) is 2.42. The van der Waals surface area contributed by atoms with E-state index in [1.54, 1.807) is 25.2 Å². The van der Waals surface area contributed by atoms with Crippen LogP contribution in [0, 0.1) is 0 Å². The molecule has 10 nitrogen and oxygen atoms in total. The number of anilines is 3. The minimum absolute atomic E-state index is 0.173. The van der Waals surface area contributed by atoms with E-state index < -0.39 is 0 Å². The molecule has 3 rings (SSSR count). The molecule has 0 spiro atoms. The van der Waals surface area contributed by atoms with Gasteiger partial charge in [-0.1, -0.05) is 5.10 Å². The van der Waals surface area contributed by atoms with Gasteiger partial charge >= 0.3 is 0 Å². The number of nitrogens with zero attached hydrogens (tertiary/aromatic N) is 8. The number of aryl methyl sites for hydroxylation is 1. The molecule has 1 aliphatic rings. The summed E-state index contributed by atoms with van der Waals surface area (Å²) >= 11 is 0. The fraction of sp³-hybridized carbons (Fsp3) is 0.643. The molecule has 0 aromatic carbocycles. The average Bonchev–Trinajstić information content (AvgIpc) is 3.19. The van der Waals surface area contributed by atoms with Gasteiger partial charge in [-0.05, 0) is 16.8 Å². The van der Waals surface area contributed by atoms with Gasteiger partial charge in [-0.15, -0.1) is 0 Å². The number of hydrogen-bond acceptors (Lipinski definition) is 9. The summed E-state index contributed by atoms with van der Waals surface area (Å²) in [4.78, 5) is 12.9. The predicted molar refractivity (Wildman–Crippen MR) is 90.2 cm³/mol. The number of ether oxygens (including phenoxy) is 1. The van der Waals surface area contributed by atoms with E-state index in [-0.39, 0.29) is 12.1 Å². The quantitative estimate of drug-likeness (QED) is 0.769. The number of tetrazole rings is 1. The molecule has 10 heteroatoms. The summed E-state index contributed by atoms with van der Waals surface area (Å²) in [5, 5.41) is 14.7. The number of rotatable bonds is 6. The molecule has 24 heavy (non-hydrogen) atoms. The van der Waals surface area contributed by atoms with Crippen LogP contribution in [0.3, 0.4) is 0 Å². The molecular formula is C14H23N9O. The number of aromatic nitrogens is 6. The van der Waals surface area contributed by atoms with Gasteiger partial charge in [0.15, 0.2) is 0 Å². The van der Waals surface area contributed by atoms with Gasteiger partial charge in [0.05, 0.1) is 12.1 Å². The van der Waals surface area contributed by atoms with Crippen LogP contribution in [0.1, 0.15) is 6.42 Å². The fourth-order valence-electron chi connectivity index (χ4n) is 2.85. The van der Waals surface area contributed by atoms with Crippen molar-refractivity contribution in [3.63, 3.8) is 0 Å². The van der Waals surface area contributed by atoms with Crippen LogP contribution in [0.25, 0.3) is 0 Å². The van der Waals surface area contributed by atoms with E-state index in [4.69, 9.17) is 4.74 Å². The number of hydrogen-bond donors (Lipinski definition) is 1. The van der Waals surface area contributed by atoms with Crippen LogP contribution in [0.15, 0.2) is 12.4 Å². The van der Waals surface area contributed by atoms with Crippen molar-refractivity contribution in [2.24, 2.45) is 7.05 Å². The second-order valence-corrected chi connectivity index (χ2v) is 6.04. The minimum Gasteiger partial charge on any atom is -0.380 e. The van der Waals surface area contributed by atoms with E-state index in [0.29, 0.717) is 12.5 Å². The Bertz CT molecular complexity index is 674. The van der Waals surface area contributed by atoms with Crippen LogP contribution in [0.5, 0.6) is 0 Å². The summed E-state index contributed by atoms with van der Waals surface area (Å²) in [6, 6.07) is 2.23. The molecule has 2 aromatic rings. The van der Waals surface area contributed by atoms with Gasteiger partial charge in [-0.3, -0.25) is 0 Å². The molecule has 0 unspecified atom stereocenters. The van der Waals surface area contributed by atoms with Crippen LogP contribution in [0.4, 0.5) is 17.6 Å². The number of nitrogens with one attached hydrogen (secondary N) is 1. The lowest BCUT2D eigenvalue weighted by Gasteiger charge is -2.26. The lowest BCUT2D eigenvalue weighted by Crippen LogP contribution is -2.36. The second kappa shape index (κ2) is 6.95. The van der Waals surface area contributed by atoms with E-state index in [1.807, 2.05) is 25.1 Å². The largest absolute Gasteiger partial charge is 0.380 e. The highest BCUT2D eigenvalue weighted by molar-refractivity contribution is 5.51. The maximum absolute atomic E-state index is 5.56. The molecule has 2 atom stereocenters. The Balaban J connectivity index is 1.76. The molecule has 1 saturated heterocycles. The maximum Gasteiger partial charge on any atom is 0.242 e. The highest BCUT2D eigenvalue weighted by atomic mass is 16.5. The van der Waals surface area contributed by atoms with Crippen LogP contribution < -0.4 is 15.1 Å². The average molecular weight is 333 g/mol. The highest BCUT2D eigenvalue weighted by Gasteiger charge is 2.33. The molecule has 0 saturated carbocycles. The third-order valence-electron chi connectivity index (χ3n) is 4.22. The van der Waals surface area contributed by atoms with Gasteiger partial charge in [-0.25, -0.2) is 14.6 Å². The van der Waals surface area contributed by atoms with Crippen LogP contribution >= 0.6 is 0 Å². The normalized spacial score (nSPS) is 20.4. The predicted octanol–water partition coefficient (Wildman–Crippen LogP) is -0.228. The maximum atomic E-state index is 5.56. The molecule has 3 heterocycles. The Hall–Kier alpha value is -2.49. The van der Waals surface area contributed by atoms with Crippen LogP contribution in [0.2, 0.25) is 0 Å². The zero-order valence-corrected chi connectivity index (χ0v) is 14.4. The zero-order chi connectivity index (χ0) is 17.1. The first-order valence-corrected chi connectivity index (χ1v) is 7.83. The van der Waals surface area contributed by atoms with E-state index in [1.165, 1.54) is 0 Å². The molecule has 0 bridgehead atoms. The molecular weight excluding hydrogens is 310 g/mol. The van der Waals surface area contributed by atoms with Gasteiger partial charge < -0.3 is 19.9 Å². The Labute approximate surface area is 140 Å². The molecule has 0 radical (unpaired) electrons. The molecule has 0 amide bonds. The van der Waals surface area contributed by atoms with Gasteiger partial charge in [0.2, 0.25) is 5.95 Å². The summed E-state index contributed by atoms with van der Waals surface area (Å²) in [7, 11) is 7.49. The molecule has 2 aromatic heterocycles. The first kappa shape index (κ1) is 16.4. The lowest BCUT2D eigenvalue weighted by atomic mass is 10.2. The van der Waals surface area contributed by atoms with Gasteiger partial charge in [0.25, 0.3) is 0 Å². The van der Waals surface area contributed by atoms with Crippen molar-refractivity contribution in [1.29, 1.82) is 0 Å². The van der Waals surface area contributed by atoms with Crippen LogP contribution in [-0.2, 0) is 11.8 Å². The monoisotopic (exact) mass is 333 g/mol. The van der Waals surface area contributed by atoms with E-state index >= 15 is 0 Å². The Morgan fingerprint density at radius 3 is 2.88 bits per heavy atom. The topological polar surface area (TPSA) is 97.1 Å². The Morgan fingerprint density at radius 2 is 2.21 bits per heavy atom. The number of methoxy groups -OCH3 is 1. The van der Waals surface area contributed by atoms with Crippen molar-refractivity contribution in [3.05, 3.63) is 12.4 Å². The summed E-state index contributed by atoms with van der Waals surface area (Å²) in [6.07, 6.45) is 2.69. The molecule has 1 fully saturated rings. The fourth-order valence-corrected chi connectivity index (χ4v) is 2.85. The molecule has 1 N–H and O–H groups in total. The standard InChI is InChI=1S/C14H23N9O/c1-21(2)12-6-13(17-9-16-12)23-8-11(24-4)5-10(23)7-15-14-18-19-20-22(14)3/h6,9-11H,5,7-8H2,1-4H3,(H,15,18,20)/t10-,11-/m1/s1.